The van der Waals surface area contributed by atoms with Crippen LogP contribution in [0.1, 0.15) is 61.6 Å². The van der Waals surface area contributed by atoms with Gasteiger partial charge in [0.05, 0.1) is 6.61 Å². The third-order valence-corrected chi connectivity index (χ3v) is 17.0. The highest BCUT2D eigenvalue weighted by Crippen LogP contribution is 2.48. The Labute approximate surface area is 191 Å². The van der Waals surface area contributed by atoms with Crippen molar-refractivity contribution in [3.63, 3.8) is 0 Å². The van der Waals surface area contributed by atoms with Crippen molar-refractivity contribution in [2.24, 2.45) is 0 Å². The fourth-order valence-corrected chi connectivity index (χ4v) is 16.2. The van der Waals surface area contributed by atoms with Crippen LogP contribution in [0.15, 0.2) is 21.9 Å². The van der Waals surface area contributed by atoms with Gasteiger partial charge in [0.25, 0.3) is 5.56 Å². The van der Waals surface area contributed by atoms with E-state index in [1.165, 1.54) is 16.8 Å². The minimum absolute atomic E-state index is 0.108. The summed E-state index contributed by atoms with van der Waals surface area (Å²) in [6.45, 7) is 17.2. The minimum atomic E-state index is -2.91. The van der Waals surface area contributed by atoms with Crippen LogP contribution >= 0.6 is 0 Å². The van der Waals surface area contributed by atoms with Crippen LogP contribution in [-0.2, 0) is 17.7 Å². The Bertz CT molecular complexity index is 898. The lowest BCUT2D eigenvalue weighted by atomic mass is 10.1. The number of hydrogen-bond acceptors (Lipinski definition) is 7. The van der Waals surface area contributed by atoms with Crippen molar-refractivity contribution >= 4 is 17.1 Å². The van der Waals surface area contributed by atoms with E-state index in [9.17, 15) is 14.7 Å². The highest BCUT2D eigenvalue weighted by atomic mass is 28.5. The van der Waals surface area contributed by atoms with E-state index < -0.39 is 52.9 Å². The van der Waals surface area contributed by atoms with E-state index in [0.29, 0.717) is 0 Å². The Morgan fingerprint density at radius 1 is 1.00 bits per heavy atom. The van der Waals surface area contributed by atoms with Gasteiger partial charge in [-0.2, -0.15) is 0 Å². The van der Waals surface area contributed by atoms with Crippen LogP contribution in [0.2, 0.25) is 22.2 Å². The van der Waals surface area contributed by atoms with E-state index in [-0.39, 0.29) is 28.8 Å². The molecular formula is C21H38N2O7Si2. The highest BCUT2D eigenvalue weighted by Gasteiger charge is 2.61. The van der Waals surface area contributed by atoms with Crippen molar-refractivity contribution < 1.29 is 22.8 Å². The predicted octanol–water partition coefficient (Wildman–Crippen LogP) is 2.75. The topological polar surface area (TPSA) is 112 Å². The number of aliphatic hydroxyl groups is 1. The summed E-state index contributed by atoms with van der Waals surface area (Å²) in [6, 6.07) is 1.23. The first kappa shape index (κ1) is 25.5. The first-order valence-corrected chi connectivity index (χ1v) is 15.5. The summed E-state index contributed by atoms with van der Waals surface area (Å²) >= 11 is 0. The van der Waals surface area contributed by atoms with Crippen molar-refractivity contribution in [3.05, 3.63) is 33.1 Å². The lowest BCUT2D eigenvalue weighted by Gasteiger charge is -2.51. The molecule has 1 aromatic heterocycles. The number of aliphatic hydroxyl groups excluding tert-OH is 1. The molecule has 2 fully saturated rings. The van der Waals surface area contributed by atoms with Gasteiger partial charge in [0, 0.05) is 12.3 Å². The molecule has 9 nitrogen and oxygen atoms in total. The van der Waals surface area contributed by atoms with Gasteiger partial charge in [-0.05, 0) is 22.2 Å². The smallest absolute Gasteiger partial charge is 0.335 e. The van der Waals surface area contributed by atoms with Gasteiger partial charge in [0.1, 0.15) is 18.3 Å². The summed E-state index contributed by atoms with van der Waals surface area (Å²) in [6.07, 6.45) is -2.04. The summed E-state index contributed by atoms with van der Waals surface area (Å²) in [5.74, 6) is 0. The lowest BCUT2D eigenvalue weighted by molar-refractivity contribution is -0.0600. The molecule has 182 valence electrons. The molecule has 0 saturated carbocycles. The standard InChI is InChI=1S/C21H38N2O7Si2/c1-12(2)31(13(3)4)27-11-16-19(29-32(30-31,14(5)6)15(7)8)18(25)20(28-16)23-10-9-17(24)22-21(23)26/h9-10,12-16,18-20,25H,11H2,1-8H3,(H,22,24,26)/t16?,18?,19-,20?/m0/s1. The number of nitrogens with one attached hydrogen (secondary N) is 1. The molecule has 32 heavy (non-hydrogen) atoms. The van der Waals surface area contributed by atoms with Crippen LogP contribution in [0.25, 0.3) is 0 Å². The Balaban J connectivity index is 2.08. The fraction of sp³-hybridized carbons (Fsp3) is 0.810. The molecule has 3 heterocycles. The highest BCUT2D eigenvalue weighted by molar-refractivity contribution is 6.83. The van der Waals surface area contributed by atoms with E-state index >= 15 is 0 Å². The lowest BCUT2D eigenvalue weighted by Crippen LogP contribution is -2.65. The van der Waals surface area contributed by atoms with Crippen molar-refractivity contribution in [3.8, 4) is 0 Å². The molecular weight excluding hydrogens is 448 g/mol. The van der Waals surface area contributed by atoms with Gasteiger partial charge in [-0.1, -0.05) is 55.4 Å². The molecule has 0 bridgehead atoms. The molecule has 2 saturated heterocycles. The van der Waals surface area contributed by atoms with E-state index in [4.69, 9.17) is 17.7 Å². The molecule has 0 aromatic carbocycles. The maximum atomic E-state index is 12.4. The normalized spacial score (nSPS) is 30.0. The van der Waals surface area contributed by atoms with E-state index in [1.807, 2.05) is 0 Å². The van der Waals surface area contributed by atoms with Gasteiger partial charge in [-0.3, -0.25) is 14.3 Å². The van der Waals surface area contributed by atoms with Crippen LogP contribution in [0.4, 0.5) is 0 Å². The van der Waals surface area contributed by atoms with Gasteiger partial charge < -0.3 is 22.8 Å². The minimum Gasteiger partial charge on any atom is -0.414 e. The summed E-state index contributed by atoms with van der Waals surface area (Å²) in [5.41, 5.74) is -0.551. The van der Waals surface area contributed by atoms with Gasteiger partial charge in [-0.15, -0.1) is 0 Å². The zero-order valence-corrected chi connectivity index (χ0v) is 22.3. The van der Waals surface area contributed by atoms with Gasteiger partial charge in [0.2, 0.25) is 0 Å². The van der Waals surface area contributed by atoms with E-state index in [0.717, 1.165) is 0 Å². The number of aromatic amines is 1. The van der Waals surface area contributed by atoms with Gasteiger partial charge >= 0.3 is 22.8 Å². The molecule has 0 spiro atoms. The Morgan fingerprint density at radius 3 is 2.06 bits per heavy atom. The molecule has 1 aromatic rings. The van der Waals surface area contributed by atoms with Crippen LogP contribution in [0.5, 0.6) is 0 Å². The quantitative estimate of drug-likeness (QED) is 0.616. The summed E-state index contributed by atoms with van der Waals surface area (Å²) in [4.78, 5) is 26.1. The van der Waals surface area contributed by atoms with Gasteiger partial charge in [-0.25, -0.2) is 4.79 Å². The maximum absolute atomic E-state index is 12.4. The third-order valence-electron chi connectivity index (χ3n) is 6.77. The number of aromatic nitrogens is 2. The largest absolute Gasteiger partial charge is 0.414 e. The monoisotopic (exact) mass is 486 g/mol. The molecule has 0 amide bonds. The van der Waals surface area contributed by atoms with Crippen molar-refractivity contribution in [1.82, 2.24) is 9.55 Å². The third kappa shape index (κ3) is 4.24. The second kappa shape index (κ2) is 9.28. The van der Waals surface area contributed by atoms with Crippen LogP contribution in [0.3, 0.4) is 0 Å². The molecule has 0 aliphatic carbocycles. The van der Waals surface area contributed by atoms with Crippen molar-refractivity contribution in [2.45, 2.75) is 102 Å². The molecule has 11 heteroatoms. The van der Waals surface area contributed by atoms with Crippen molar-refractivity contribution in [1.29, 1.82) is 0 Å². The Kier molecular flexibility index (Phi) is 7.40. The average Bonchev–Trinajstić information content (AvgIpc) is 2.96. The number of fused-ring (bicyclic) bond motifs is 1. The summed E-state index contributed by atoms with van der Waals surface area (Å²) < 4.78 is 27.9. The first-order chi connectivity index (χ1) is 14.9. The summed E-state index contributed by atoms with van der Waals surface area (Å²) in [7, 11) is -5.63. The first-order valence-electron chi connectivity index (χ1n) is 11.5. The van der Waals surface area contributed by atoms with E-state index in [1.54, 1.807) is 0 Å². The SMILES string of the molecule is CC(C)[Si]1(C(C)C)OCC2OC(n3ccc(=O)[nH]c3=O)C(O)[C@H]2O[Si](C(C)C)(C(C)C)O1. The molecule has 0 radical (unpaired) electrons. The van der Waals surface area contributed by atoms with Crippen molar-refractivity contribution in [2.75, 3.05) is 6.61 Å². The second-order valence-electron chi connectivity index (χ2n) is 10.1. The van der Waals surface area contributed by atoms with Crippen LogP contribution < -0.4 is 11.2 Å². The predicted molar refractivity (Wildman–Crippen MR) is 125 cm³/mol. The molecule has 3 unspecified atom stereocenters. The number of hydrogen-bond donors (Lipinski definition) is 2. The Morgan fingerprint density at radius 2 is 1.56 bits per heavy atom. The molecule has 3 rings (SSSR count). The molecule has 2 aliphatic heterocycles. The zero-order valence-electron chi connectivity index (χ0n) is 20.3. The van der Waals surface area contributed by atoms with Crippen LogP contribution in [-0.4, -0.2) is 56.7 Å². The second-order valence-corrected chi connectivity index (χ2v) is 19.0. The number of nitrogens with zero attached hydrogens (tertiary/aromatic N) is 1. The number of rotatable bonds is 5. The zero-order chi connectivity index (χ0) is 24.0. The number of ether oxygens (including phenoxy) is 1. The van der Waals surface area contributed by atoms with E-state index in [2.05, 4.69) is 60.4 Å². The Hall–Kier alpha value is -1.09. The summed E-state index contributed by atoms with van der Waals surface area (Å²) in [5, 5.41) is 11.2. The molecule has 4 atom stereocenters. The number of H-pyrrole nitrogens is 1. The molecule has 2 aliphatic rings. The maximum Gasteiger partial charge on any atom is 0.335 e. The fourth-order valence-electron chi connectivity index (χ4n) is 4.99. The van der Waals surface area contributed by atoms with Crippen LogP contribution in [0, 0.1) is 0 Å². The van der Waals surface area contributed by atoms with Gasteiger partial charge in [0.15, 0.2) is 6.23 Å². The average molecular weight is 487 g/mol. The molecule has 2 N–H and O–H groups in total.